The molecule has 0 unspecified atom stereocenters. The van der Waals surface area contributed by atoms with Gasteiger partial charge in [0.1, 0.15) is 0 Å². The Hall–Kier alpha value is -0.870. The Morgan fingerprint density at radius 1 is 0.917 bits per heavy atom. The van der Waals surface area contributed by atoms with Gasteiger partial charge < -0.3 is 0 Å². The molecule has 1 heterocycles. The molecule has 136 valence electrons. The lowest BCUT2D eigenvalue weighted by Crippen LogP contribution is -2.41. The Morgan fingerprint density at radius 3 is 2.00 bits per heavy atom. The second-order valence-electron chi connectivity index (χ2n) is 7.17. The van der Waals surface area contributed by atoms with Crippen molar-refractivity contribution in [3.05, 3.63) is 29.8 Å². The molecule has 1 fully saturated rings. The zero-order valence-corrected chi connectivity index (χ0v) is 16.3. The minimum atomic E-state index is -3.39. The van der Waals surface area contributed by atoms with Crippen LogP contribution in [-0.4, -0.2) is 24.8 Å². The number of hydrogen-bond acceptors (Lipinski definition) is 2. The van der Waals surface area contributed by atoms with Crippen molar-refractivity contribution in [3.8, 4) is 0 Å². The summed E-state index contributed by atoms with van der Waals surface area (Å²) >= 11 is 0. The fourth-order valence-electron chi connectivity index (χ4n) is 3.77. The van der Waals surface area contributed by atoms with E-state index in [4.69, 9.17) is 0 Å². The second kappa shape index (κ2) is 9.00. The van der Waals surface area contributed by atoms with Crippen molar-refractivity contribution in [2.24, 2.45) is 0 Å². The molecule has 1 aromatic rings. The normalized spacial score (nSPS) is 22.1. The molecule has 1 aliphatic rings. The summed E-state index contributed by atoms with van der Waals surface area (Å²) < 4.78 is 28.5. The maximum absolute atomic E-state index is 13.3. The molecule has 0 aliphatic carbocycles. The lowest BCUT2D eigenvalue weighted by atomic mass is 10.1. The monoisotopic (exact) mass is 351 g/mol. The molecule has 0 saturated carbocycles. The summed E-state index contributed by atoms with van der Waals surface area (Å²) in [6, 6.07) is 7.70. The number of unbranched alkanes of at least 4 members (excludes halogenated alkanes) is 3. The van der Waals surface area contributed by atoms with Crippen molar-refractivity contribution >= 4 is 10.0 Å². The average molecular weight is 352 g/mol. The molecule has 0 amide bonds. The van der Waals surface area contributed by atoms with Crippen LogP contribution in [0.3, 0.4) is 0 Å². The summed E-state index contributed by atoms with van der Waals surface area (Å²) in [5.74, 6) is 0. The van der Waals surface area contributed by atoms with Crippen LogP contribution in [0.25, 0.3) is 0 Å². The highest BCUT2D eigenvalue weighted by Gasteiger charge is 2.41. The van der Waals surface area contributed by atoms with Crippen molar-refractivity contribution < 1.29 is 8.42 Å². The quantitative estimate of drug-likeness (QED) is 0.567. The second-order valence-corrected chi connectivity index (χ2v) is 9.01. The van der Waals surface area contributed by atoms with Gasteiger partial charge in [0.25, 0.3) is 0 Å². The topological polar surface area (TPSA) is 37.4 Å². The fourth-order valence-corrected chi connectivity index (χ4v) is 5.70. The van der Waals surface area contributed by atoms with Crippen LogP contribution < -0.4 is 0 Å². The summed E-state index contributed by atoms with van der Waals surface area (Å²) in [4.78, 5) is 0.456. The lowest BCUT2D eigenvalue weighted by molar-refractivity contribution is 0.290. The zero-order chi connectivity index (χ0) is 17.6. The molecule has 0 N–H and O–H groups in total. The van der Waals surface area contributed by atoms with E-state index in [1.807, 2.05) is 23.4 Å². The standard InChI is InChI=1S/C20H33NO2S/c1-4-6-8-10-19-14-13-18(9-7-5-2)21(19)24(22,23)20-15-11-17(3)12-16-20/h11-12,15-16,18-19H,4-10,13-14H2,1-3H3/t18-,19-/m1/s1. The molecule has 1 saturated heterocycles. The zero-order valence-electron chi connectivity index (χ0n) is 15.5. The molecule has 2 atom stereocenters. The highest BCUT2D eigenvalue weighted by atomic mass is 32.2. The third-order valence-electron chi connectivity index (χ3n) is 5.18. The molecule has 0 aromatic heterocycles. The summed E-state index contributed by atoms with van der Waals surface area (Å²) in [6.07, 6.45) is 9.74. The van der Waals surface area contributed by atoms with Gasteiger partial charge in [-0.1, -0.05) is 63.6 Å². The molecular formula is C20H33NO2S. The highest BCUT2D eigenvalue weighted by molar-refractivity contribution is 7.89. The molecule has 3 nitrogen and oxygen atoms in total. The molecule has 1 aromatic carbocycles. The smallest absolute Gasteiger partial charge is 0.207 e. The van der Waals surface area contributed by atoms with Gasteiger partial charge in [-0.25, -0.2) is 8.42 Å². The van der Waals surface area contributed by atoms with Gasteiger partial charge in [0, 0.05) is 12.1 Å². The van der Waals surface area contributed by atoms with Crippen LogP contribution in [0.5, 0.6) is 0 Å². The van der Waals surface area contributed by atoms with Gasteiger partial charge >= 0.3 is 0 Å². The van der Waals surface area contributed by atoms with E-state index in [1.54, 1.807) is 12.1 Å². The van der Waals surface area contributed by atoms with Crippen LogP contribution in [0.4, 0.5) is 0 Å². The SMILES string of the molecule is CCCCC[C@@H]1CC[C@@H](CCCC)N1S(=O)(=O)c1ccc(C)cc1. The molecule has 0 spiro atoms. The predicted molar refractivity (Wildman–Crippen MR) is 101 cm³/mol. The largest absolute Gasteiger partial charge is 0.243 e. The van der Waals surface area contributed by atoms with E-state index < -0.39 is 10.0 Å². The van der Waals surface area contributed by atoms with Crippen LogP contribution in [-0.2, 0) is 10.0 Å². The van der Waals surface area contributed by atoms with Crippen LogP contribution in [0.15, 0.2) is 29.2 Å². The Bertz CT molecular complexity index is 595. The fraction of sp³-hybridized carbons (Fsp3) is 0.700. The van der Waals surface area contributed by atoms with E-state index in [1.165, 1.54) is 12.8 Å². The van der Waals surface area contributed by atoms with E-state index >= 15 is 0 Å². The minimum absolute atomic E-state index is 0.183. The van der Waals surface area contributed by atoms with E-state index in [9.17, 15) is 8.42 Å². The van der Waals surface area contributed by atoms with Crippen molar-refractivity contribution in [1.82, 2.24) is 4.31 Å². The molecule has 4 heteroatoms. The van der Waals surface area contributed by atoms with E-state index in [0.717, 1.165) is 50.5 Å². The number of hydrogen-bond donors (Lipinski definition) is 0. The molecule has 2 rings (SSSR count). The number of nitrogens with zero attached hydrogens (tertiary/aromatic N) is 1. The number of benzene rings is 1. The summed E-state index contributed by atoms with van der Waals surface area (Å²) in [6.45, 7) is 6.36. The maximum atomic E-state index is 13.3. The summed E-state index contributed by atoms with van der Waals surface area (Å²) in [5, 5.41) is 0. The summed E-state index contributed by atoms with van der Waals surface area (Å²) in [5.41, 5.74) is 1.09. The Balaban J connectivity index is 2.24. The molecule has 0 radical (unpaired) electrons. The van der Waals surface area contributed by atoms with Crippen LogP contribution in [0.1, 0.15) is 77.2 Å². The number of rotatable bonds is 9. The van der Waals surface area contributed by atoms with Crippen LogP contribution >= 0.6 is 0 Å². The van der Waals surface area contributed by atoms with Crippen molar-refractivity contribution in [3.63, 3.8) is 0 Å². The van der Waals surface area contributed by atoms with Gasteiger partial charge in [-0.3, -0.25) is 0 Å². The van der Waals surface area contributed by atoms with E-state index in [0.29, 0.717) is 4.90 Å². The predicted octanol–water partition coefficient (Wildman–Crippen LogP) is 5.29. The van der Waals surface area contributed by atoms with Crippen molar-refractivity contribution in [2.45, 2.75) is 95.5 Å². The van der Waals surface area contributed by atoms with Gasteiger partial charge in [-0.15, -0.1) is 0 Å². The van der Waals surface area contributed by atoms with Gasteiger partial charge in [0.2, 0.25) is 10.0 Å². The molecule has 24 heavy (non-hydrogen) atoms. The van der Waals surface area contributed by atoms with Gasteiger partial charge in [-0.2, -0.15) is 4.31 Å². The first-order chi connectivity index (χ1) is 11.5. The first-order valence-corrected chi connectivity index (χ1v) is 11.0. The van der Waals surface area contributed by atoms with E-state index in [-0.39, 0.29) is 12.1 Å². The number of sulfonamides is 1. The highest BCUT2D eigenvalue weighted by Crippen LogP contribution is 2.35. The number of aryl methyl sites for hydroxylation is 1. The summed E-state index contributed by atoms with van der Waals surface area (Å²) in [7, 11) is -3.39. The average Bonchev–Trinajstić information content (AvgIpc) is 2.97. The van der Waals surface area contributed by atoms with Gasteiger partial charge in [-0.05, 0) is 44.7 Å². The lowest BCUT2D eigenvalue weighted by Gasteiger charge is -2.29. The van der Waals surface area contributed by atoms with Crippen molar-refractivity contribution in [2.75, 3.05) is 0 Å². The maximum Gasteiger partial charge on any atom is 0.243 e. The third kappa shape index (κ3) is 4.60. The Morgan fingerprint density at radius 2 is 1.46 bits per heavy atom. The molecule has 1 aliphatic heterocycles. The molecular weight excluding hydrogens is 318 g/mol. The third-order valence-corrected chi connectivity index (χ3v) is 7.20. The molecule has 0 bridgehead atoms. The van der Waals surface area contributed by atoms with E-state index in [2.05, 4.69) is 13.8 Å². The minimum Gasteiger partial charge on any atom is -0.207 e. The first kappa shape index (κ1) is 19.5. The van der Waals surface area contributed by atoms with Crippen LogP contribution in [0, 0.1) is 6.92 Å². The Kier molecular flexibility index (Phi) is 7.30. The van der Waals surface area contributed by atoms with Crippen molar-refractivity contribution in [1.29, 1.82) is 0 Å². The van der Waals surface area contributed by atoms with Gasteiger partial charge in [0.15, 0.2) is 0 Å². The van der Waals surface area contributed by atoms with Gasteiger partial charge in [0.05, 0.1) is 4.90 Å². The first-order valence-electron chi connectivity index (χ1n) is 9.61. The Labute approximate surface area is 148 Å². The van der Waals surface area contributed by atoms with Crippen LogP contribution in [0.2, 0.25) is 0 Å².